The molecule has 0 radical (unpaired) electrons. The van der Waals surface area contributed by atoms with Crippen molar-refractivity contribution in [2.75, 3.05) is 20.8 Å². The fraction of sp³-hybridized carbons (Fsp3) is 0.278. The number of primary amides is 1. The summed E-state index contributed by atoms with van der Waals surface area (Å²) >= 11 is 12.2. The first-order chi connectivity index (χ1) is 12.9. The molecule has 0 bridgehead atoms. The van der Waals surface area contributed by atoms with Gasteiger partial charge in [0.25, 0.3) is 0 Å². The highest BCUT2D eigenvalue weighted by atomic mass is 35.5. The number of methoxy groups -OCH3 is 2. The van der Waals surface area contributed by atoms with Gasteiger partial charge in [-0.25, -0.2) is 0 Å². The van der Waals surface area contributed by atoms with Crippen LogP contribution in [-0.4, -0.2) is 37.5 Å². The van der Waals surface area contributed by atoms with Crippen molar-refractivity contribution < 1.29 is 23.8 Å². The van der Waals surface area contributed by atoms with E-state index in [0.717, 1.165) is 0 Å². The number of nitrogens with zero attached hydrogens (tertiary/aromatic N) is 1. The van der Waals surface area contributed by atoms with Crippen LogP contribution in [0.3, 0.4) is 0 Å². The molecule has 0 aliphatic heterocycles. The molecule has 9 heteroatoms. The third-order valence-electron chi connectivity index (χ3n) is 3.69. The molecular formula is C18H18Cl2N2O5. The Hall–Kier alpha value is -2.51. The van der Waals surface area contributed by atoms with Crippen molar-refractivity contribution >= 4 is 34.9 Å². The number of carbonyl (C=O) groups is 2. The average Bonchev–Trinajstić information content (AvgIpc) is 2.63. The Labute approximate surface area is 166 Å². The van der Waals surface area contributed by atoms with Crippen LogP contribution in [-0.2, 0) is 11.2 Å². The summed E-state index contributed by atoms with van der Waals surface area (Å²) < 4.78 is 16.2. The molecule has 1 amide bonds. The molecule has 2 aromatic rings. The van der Waals surface area contributed by atoms with Crippen LogP contribution in [0.1, 0.15) is 22.3 Å². The van der Waals surface area contributed by atoms with Gasteiger partial charge in [-0.3, -0.25) is 14.6 Å². The Balaban J connectivity index is 2.41. The number of carbonyl (C=O) groups excluding carboxylic acids is 2. The average molecular weight is 413 g/mol. The summed E-state index contributed by atoms with van der Waals surface area (Å²) in [4.78, 5) is 27.8. The number of rotatable bonds is 9. The SMILES string of the molecule is COc1ccc(C(=O)Cc2c(Cl)cncc2Cl)c(OCCC(N)=O)c1OC. The highest BCUT2D eigenvalue weighted by Crippen LogP contribution is 2.41. The summed E-state index contributed by atoms with van der Waals surface area (Å²) in [6, 6.07) is 3.13. The van der Waals surface area contributed by atoms with Crippen molar-refractivity contribution in [3.05, 3.63) is 45.7 Å². The van der Waals surface area contributed by atoms with E-state index in [9.17, 15) is 9.59 Å². The number of halogens is 2. The van der Waals surface area contributed by atoms with E-state index in [1.165, 1.54) is 26.6 Å². The Kier molecular flexibility index (Phi) is 7.27. The number of amides is 1. The van der Waals surface area contributed by atoms with Gasteiger partial charge in [0.2, 0.25) is 11.7 Å². The normalized spacial score (nSPS) is 10.4. The number of hydrogen-bond donors (Lipinski definition) is 1. The first-order valence-electron chi connectivity index (χ1n) is 7.86. The molecule has 1 aromatic carbocycles. The molecule has 0 unspecified atom stereocenters. The molecule has 0 saturated carbocycles. The van der Waals surface area contributed by atoms with Crippen LogP contribution in [0.15, 0.2) is 24.5 Å². The van der Waals surface area contributed by atoms with Crippen molar-refractivity contribution in [2.24, 2.45) is 5.73 Å². The Morgan fingerprint density at radius 3 is 2.30 bits per heavy atom. The van der Waals surface area contributed by atoms with Gasteiger partial charge < -0.3 is 19.9 Å². The van der Waals surface area contributed by atoms with E-state index in [1.807, 2.05) is 0 Å². The summed E-state index contributed by atoms with van der Waals surface area (Å²) in [7, 11) is 2.88. The van der Waals surface area contributed by atoms with Crippen molar-refractivity contribution in [1.29, 1.82) is 0 Å². The Bertz CT molecular complexity index is 838. The number of aromatic nitrogens is 1. The minimum Gasteiger partial charge on any atom is -0.493 e. The molecule has 0 atom stereocenters. The van der Waals surface area contributed by atoms with Crippen LogP contribution in [0.5, 0.6) is 17.2 Å². The molecule has 7 nitrogen and oxygen atoms in total. The van der Waals surface area contributed by atoms with Crippen LogP contribution in [0.2, 0.25) is 10.0 Å². The van der Waals surface area contributed by atoms with Gasteiger partial charge in [-0.15, -0.1) is 0 Å². The number of pyridine rings is 1. The molecule has 1 aromatic heterocycles. The second kappa shape index (κ2) is 9.43. The van der Waals surface area contributed by atoms with Crippen molar-refractivity contribution in [1.82, 2.24) is 4.98 Å². The highest BCUT2D eigenvalue weighted by molar-refractivity contribution is 6.36. The lowest BCUT2D eigenvalue weighted by molar-refractivity contribution is -0.118. The van der Waals surface area contributed by atoms with E-state index < -0.39 is 5.91 Å². The second-order valence-corrected chi connectivity index (χ2v) is 6.24. The van der Waals surface area contributed by atoms with E-state index in [4.69, 9.17) is 43.1 Å². The molecule has 0 aliphatic rings. The van der Waals surface area contributed by atoms with Gasteiger partial charge in [-0.1, -0.05) is 23.2 Å². The first kappa shape index (κ1) is 20.8. The molecule has 2 rings (SSSR count). The summed E-state index contributed by atoms with van der Waals surface area (Å²) in [5.74, 6) is -0.0626. The number of ketones is 1. The van der Waals surface area contributed by atoms with Crippen molar-refractivity contribution in [2.45, 2.75) is 12.8 Å². The number of Topliss-reactive ketones (excluding diaryl/α,β-unsaturated/α-hetero) is 1. The predicted octanol–water partition coefficient (Wildman–Crippen LogP) is 3.09. The minimum absolute atomic E-state index is 0.0179. The molecule has 27 heavy (non-hydrogen) atoms. The third-order valence-corrected chi connectivity index (χ3v) is 4.34. The fourth-order valence-electron chi connectivity index (χ4n) is 2.38. The first-order valence-corrected chi connectivity index (χ1v) is 8.61. The zero-order valence-corrected chi connectivity index (χ0v) is 16.3. The molecule has 0 spiro atoms. The summed E-state index contributed by atoms with van der Waals surface area (Å²) in [6.45, 7) is -0.0179. The number of benzene rings is 1. The molecule has 144 valence electrons. The van der Waals surface area contributed by atoms with Crippen LogP contribution >= 0.6 is 23.2 Å². The standard InChI is InChI=1S/C18H18Cl2N2O5/c1-25-15-4-3-10(17(18(15)26-2)27-6-5-16(21)24)14(23)7-11-12(19)8-22-9-13(11)20/h3-4,8-9H,5-7H2,1-2H3,(H2,21,24). The molecule has 0 saturated heterocycles. The Morgan fingerprint density at radius 2 is 1.74 bits per heavy atom. The molecule has 2 N–H and O–H groups in total. The van der Waals surface area contributed by atoms with E-state index >= 15 is 0 Å². The fourth-order valence-corrected chi connectivity index (χ4v) is 2.88. The number of ether oxygens (including phenoxy) is 3. The van der Waals surface area contributed by atoms with Crippen LogP contribution in [0.25, 0.3) is 0 Å². The highest BCUT2D eigenvalue weighted by Gasteiger charge is 2.23. The minimum atomic E-state index is -0.528. The summed E-state index contributed by atoms with van der Waals surface area (Å²) in [5, 5.41) is 0.569. The van der Waals surface area contributed by atoms with Gasteiger partial charge in [0.1, 0.15) is 0 Å². The lowest BCUT2D eigenvalue weighted by atomic mass is 10.0. The van der Waals surface area contributed by atoms with Crippen molar-refractivity contribution in [3.63, 3.8) is 0 Å². The topological polar surface area (TPSA) is 101 Å². The van der Waals surface area contributed by atoms with Gasteiger partial charge in [0, 0.05) is 24.4 Å². The largest absolute Gasteiger partial charge is 0.493 e. The predicted molar refractivity (Wildman–Crippen MR) is 101 cm³/mol. The van der Waals surface area contributed by atoms with E-state index in [2.05, 4.69) is 4.98 Å². The van der Waals surface area contributed by atoms with Gasteiger partial charge in [-0.05, 0) is 12.1 Å². The lowest BCUT2D eigenvalue weighted by Crippen LogP contribution is -2.16. The van der Waals surface area contributed by atoms with Gasteiger partial charge >= 0.3 is 0 Å². The quantitative estimate of drug-likeness (QED) is 0.634. The van der Waals surface area contributed by atoms with E-state index in [1.54, 1.807) is 12.1 Å². The van der Waals surface area contributed by atoms with Gasteiger partial charge in [0.15, 0.2) is 17.3 Å². The van der Waals surface area contributed by atoms with E-state index in [0.29, 0.717) is 11.3 Å². The van der Waals surface area contributed by atoms with Crippen LogP contribution in [0.4, 0.5) is 0 Å². The Morgan fingerprint density at radius 1 is 1.07 bits per heavy atom. The maximum absolute atomic E-state index is 12.9. The molecule has 1 heterocycles. The van der Waals surface area contributed by atoms with Crippen LogP contribution in [0, 0.1) is 0 Å². The lowest BCUT2D eigenvalue weighted by Gasteiger charge is -2.17. The third kappa shape index (κ3) is 5.02. The molecular weight excluding hydrogens is 395 g/mol. The second-order valence-electron chi connectivity index (χ2n) is 5.42. The van der Waals surface area contributed by atoms with Gasteiger partial charge in [-0.2, -0.15) is 0 Å². The molecule has 0 fully saturated rings. The van der Waals surface area contributed by atoms with Crippen LogP contribution < -0.4 is 19.9 Å². The summed E-state index contributed by atoms with van der Waals surface area (Å²) in [6.07, 6.45) is 2.74. The number of nitrogens with two attached hydrogens (primary N) is 1. The molecule has 0 aliphatic carbocycles. The zero-order chi connectivity index (χ0) is 20.0. The zero-order valence-electron chi connectivity index (χ0n) is 14.8. The monoisotopic (exact) mass is 412 g/mol. The maximum Gasteiger partial charge on any atom is 0.220 e. The maximum atomic E-state index is 12.9. The summed E-state index contributed by atoms with van der Waals surface area (Å²) in [5.41, 5.74) is 5.83. The smallest absolute Gasteiger partial charge is 0.220 e. The van der Waals surface area contributed by atoms with Gasteiger partial charge in [0.05, 0.1) is 42.9 Å². The van der Waals surface area contributed by atoms with Crippen molar-refractivity contribution in [3.8, 4) is 17.2 Å². The number of hydrogen-bond acceptors (Lipinski definition) is 6. The van der Waals surface area contributed by atoms with E-state index in [-0.39, 0.29) is 52.3 Å².